The number of methoxy groups -OCH3 is 1. The molecule has 1 aliphatic heterocycles. The van der Waals surface area contributed by atoms with E-state index < -0.39 is 23.4 Å². The molecule has 162 valence electrons. The Kier molecular flexibility index (Phi) is 5.48. The second-order valence-electron chi connectivity index (χ2n) is 7.44. The first-order chi connectivity index (χ1) is 15.3. The molecule has 32 heavy (non-hydrogen) atoms. The number of aryl methyl sites for hydroxylation is 2. The number of amides is 2. The fourth-order valence-corrected chi connectivity index (χ4v) is 3.63. The standard InChI is InChI=1S/C25H20F2N2O3/c1-14-8-9-15(2)19(12-14)28-23-22(17-6-4-5-7-21(17)32-3)24(30)29(25(23)31)20-11-10-16(26)13-18(20)27/h4-13,28H,1-3H3. The van der Waals surface area contributed by atoms with Crippen LogP contribution in [0, 0.1) is 25.5 Å². The molecule has 0 aliphatic carbocycles. The maximum absolute atomic E-state index is 14.5. The average molecular weight is 434 g/mol. The monoisotopic (exact) mass is 434 g/mol. The highest BCUT2D eigenvalue weighted by atomic mass is 19.1. The molecule has 1 heterocycles. The molecule has 7 heteroatoms. The molecule has 0 saturated heterocycles. The third-order valence-electron chi connectivity index (χ3n) is 5.26. The van der Waals surface area contributed by atoms with Gasteiger partial charge in [-0.15, -0.1) is 0 Å². The Bertz CT molecular complexity index is 1280. The van der Waals surface area contributed by atoms with Crippen LogP contribution < -0.4 is 15.0 Å². The zero-order valence-electron chi connectivity index (χ0n) is 17.7. The summed E-state index contributed by atoms with van der Waals surface area (Å²) in [5, 5.41) is 3.08. The van der Waals surface area contributed by atoms with E-state index in [1.807, 2.05) is 32.0 Å². The van der Waals surface area contributed by atoms with E-state index in [9.17, 15) is 18.4 Å². The number of para-hydroxylation sites is 1. The Hall–Kier alpha value is -4.00. The molecular formula is C25H20F2N2O3. The largest absolute Gasteiger partial charge is 0.496 e. The van der Waals surface area contributed by atoms with Crippen molar-refractivity contribution in [1.29, 1.82) is 0 Å². The molecule has 0 spiro atoms. The average Bonchev–Trinajstić information content (AvgIpc) is 3.00. The van der Waals surface area contributed by atoms with E-state index >= 15 is 0 Å². The molecule has 3 aromatic rings. The van der Waals surface area contributed by atoms with E-state index in [1.54, 1.807) is 24.3 Å². The number of nitrogens with zero attached hydrogens (tertiary/aromatic N) is 1. The van der Waals surface area contributed by atoms with Gasteiger partial charge in [-0.05, 0) is 49.2 Å². The van der Waals surface area contributed by atoms with Crippen LogP contribution in [0.1, 0.15) is 16.7 Å². The van der Waals surface area contributed by atoms with Crippen molar-refractivity contribution >= 4 is 28.8 Å². The summed E-state index contributed by atoms with van der Waals surface area (Å²) in [5.41, 5.74) is 2.52. The number of hydrogen-bond donors (Lipinski definition) is 1. The first-order valence-corrected chi connectivity index (χ1v) is 9.87. The number of ether oxygens (including phenoxy) is 1. The van der Waals surface area contributed by atoms with Crippen LogP contribution in [0.15, 0.2) is 66.4 Å². The first-order valence-electron chi connectivity index (χ1n) is 9.87. The fraction of sp³-hybridized carbons (Fsp3) is 0.120. The summed E-state index contributed by atoms with van der Waals surface area (Å²) >= 11 is 0. The third kappa shape index (κ3) is 3.62. The lowest BCUT2D eigenvalue weighted by atomic mass is 10.0. The lowest BCUT2D eigenvalue weighted by Gasteiger charge is -2.16. The van der Waals surface area contributed by atoms with Crippen molar-refractivity contribution in [2.24, 2.45) is 0 Å². The summed E-state index contributed by atoms with van der Waals surface area (Å²) in [6, 6.07) is 15.1. The van der Waals surface area contributed by atoms with Gasteiger partial charge in [0.15, 0.2) is 0 Å². The lowest BCUT2D eigenvalue weighted by molar-refractivity contribution is -0.120. The molecule has 0 unspecified atom stereocenters. The maximum atomic E-state index is 14.5. The Morgan fingerprint density at radius 3 is 2.38 bits per heavy atom. The summed E-state index contributed by atoms with van der Waals surface area (Å²) in [6.45, 7) is 3.77. The van der Waals surface area contributed by atoms with Gasteiger partial charge in [-0.2, -0.15) is 0 Å². The van der Waals surface area contributed by atoms with Crippen molar-refractivity contribution in [2.75, 3.05) is 17.3 Å². The van der Waals surface area contributed by atoms with E-state index in [-0.39, 0.29) is 17.0 Å². The molecular weight excluding hydrogens is 414 g/mol. The summed E-state index contributed by atoms with van der Waals surface area (Å²) in [4.78, 5) is 27.6. The zero-order chi connectivity index (χ0) is 23.0. The molecule has 3 aromatic carbocycles. The second-order valence-corrected chi connectivity index (χ2v) is 7.44. The van der Waals surface area contributed by atoms with Crippen molar-refractivity contribution in [3.63, 3.8) is 0 Å². The molecule has 1 N–H and O–H groups in total. The van der Waals surface area contributed by atoms with Crippen LogP contribution in [0.2, 0.25) is 0 Å². The Morgan fingerprint density at radius 1 is 0.906 bits per heavy atom. The van der Waals surface area contributed by atoms with Crippen LogP contribution in [-0.2, 0) is 9.59 Å². The minimum absolute atomic E-state index is 0.0167. The van der Waals surface area contributed by atoms with Crippen LogP contribution in [0.25, 0.3) is 5.57 Å². The number of carbonyl (C=O) groups excluding carboxylic acids is 2. The van der Waals surface area contributed by atoms with Crippen molar-refractivity contribution in [2.45, 2.75) is 13.8 Å². The predicted molar refractivity (Wildman–Crippen MR) is 118 cm³/mol. The zero-order valence-corrected chi connectivity index (χ0v) is 17.7. The molecule has 0 aromatic heterocycles. The quantitative estimate of drug-likeness (QED) is 0.575. The maximum Gasteiger partial charge on any atom is 0.282 e. The van der Waals surface area contributed by atoms with E-state index in [4.69, 9.17) is 4.74 Å². The molecule has 0 atom stereocenters. The fourth-order valence-electron chi connectivity index (χ4n) is 3.63. The van der Waals surface area contributed by atoms with E-state index in [0.29, 0.717) is 28.0 Å². The Balaban J connectivity index is 1.91. The summed E-state index contributed by atoms with van der Waals surface area (Å²) in [6.07, 6.45) is 0. The highest BCUT2D eigenvalue weighted by molar-refractivity contribution is 6.46. The van der Waals surface area contributed by atoms with E-state index in [1.165, 1.54) is 7.11 Å². The Morgan fingerprint density at radius 2 is 1.66 bits per heavy atom. The van der Waals surface area contributed by atoms with Crippen LogP contribution in [-0.4, -0.2) is 18.9 Å². The van der Waals surface area contributed by atoms with Gasteiger partial charge >= 0.3 is 0 Å². The third-order valence-corrected chi connectivity index (χ3v) is 5.26. The molecule has 4 rings (SSSR count). The van der Waals surface area contributed by atoms with Crippen LogP contribution in [0.3, 0.4) is 0 Å². The highest BCUT2D eigenvalue weighted by Crippen LogP contribution is 2.38. The molecule has 0 radical (unpaired) electrons. The number of carbonyl (C=O) groups is 2. The van der Waals surface area contributed by atoms with Gasteiger partial charge < -0.3 is 10.1 Å². The minimum Gasteiger partial charge on any atom is -0.496 e. The van der Waals surface area contributed by atoms with Gasteiger partial charge in [-0.25, -0.2) is 13.7 Å². The van der Waals surface area contributed by atoms with Gasteiger partial charge in [-0.3, -0.25) is 9.59 Å². The smallest absolute Gasteiger partial charge is 0.282 e. The number of rotatable bonds is 5. The number of halogens is 2. The van der Waals surface area contributed by atoms with Gasteiger partial charge in [0.2, 0.25) is 0 Å². The second kappa shape index (κ2) is 8.26. The number of imide groups is 1. The first kappa shape index (κ1) is 21.2. The highest BCUT2D eigenvalue weighted by Gasteiger charge is 2.42. The van der Waals surface area contributed by atoms with Gasteiger partial charge in [0.1, 0.15) is 23.1 Å². The molecule has 0 saturated carbocycles. The summed E-state index contributed by atoms with van der Waals surface area (Å²) < 4.78 is 33.4. The molecule has 0 fully saturated rings. The number of anilines is 2. The lowest BCUT2D eigenvalue weighted by Crippen LogP contribution is -2.33. The van der Waals surface area contributed by atoms with E-state index in [2.05, 4.69) is 5.32 Å². The number of hydrogen-bond acceptors (Lipinski definition) is 4. The number of benzene rings is 3. The van der Waals surface area contributed by atoms with Crippen molar-refractivity contribution in [1.82, 2.24) is 0 Å². The van der Waals surface area contributed by atoms with Gasteiger partial charge in [-0.1, -0.05) is 30.3 Å². The summed E-state index contributed by atoms with van der Waals surface area (Å²) in [7, 11) is 1.45. The molecule has 5 nitrogen and oxygen atoms in total. The van der Waals surface area contributed by atoms with Gasteiger partial charge in [0.05, 0.1) is 18.4 Å². The number of nitrogens with one attached hydrogen (secondary N) is 1. The van der Waals surface area contributed by atoms with Gasteiger partial charge in [0.25, 0.3) is 11.8 Å². The molecule has 2 amide bonds. The van der Waals surface area contributed by atoms with Crippen molar-refractivity contribution in [3.8, 4) is 5.75 Å². The van der Waals surface area contributed by atoms with Gasteiger partial charge in [0, 0.05) is 17.3 Å². The summed E-state index contributed by atoms with van der Waals surface area (Å²) in [5.74, 6) is -2.93. The molecule has 0 bridgehead atoms. The van der Waals surface area contributed by atoms with Crippen LogP contribution in [0.4, 0.5) is 20.2 Å². The van der Waals surface area contributed by atoms with Crippen LogP contribution in [0.5, 0.6) is 5.75 Å². The predicted octanol–water partition coefficient (Wildman–Crippen LogP) is 4.99. The molecule has 1 aliphatic rings. The van der Waals surface area contributed by atoms with Crippen LogP contribution >= 0.6 is 0 Å². The van der Waals surface area contributed by atoms with Crippen molar-refractivity contribution < 1.29 is 23.1 Å². The van der Waals surface area contributed by atoms with Crippen molar-refractivity contribution in [3.05, 3.63) is 94.7 Å². The topological polar surface area (TPSA) is 58.6 Å². The minimum atomic E-state index is -1.01. The normalized spacial score (nSPS) is 13.7. The Labute approximate surface area is 183 Å². The van der Waals surface area contributed by atoms with E-state index in [0.717, 1.165) is 23.3 Å². The SMILES string of the molecule is COc1ccccc1C1=C(Nc2cc(C)ccc2C)C(=O)N(c2ccc(F)cc2F)C1=O.